The molecule has 0 radical (unpaired) electrons. The molecule has 1 aliphatic rings. The van der Waals surface area contributed by atoms with Crippen LogP contribution in [0.3, 0.4) is 0 Å². The van der Waals surface area contributed by atoms with E-state index < -0.39 is 10.0 Å². The number of rotatable bonds is 8. The van der Waals surface area contributed by atoms with Crippen molar-refractivity contribution in [3.05, 3.63) is 59.9 Å². The van der Waals surface area contributed by atoms with Gasteiger partial charge in [-0.2, -0.15) is 0 Å². The van der Waals surface area contributed by atoms with Gasteiger partial charge in [0.15, 0.2) is 0 Å². The molecule has 0 atom stereocenters. The van der Waals surface area contributed by atoms with Crippen molar-refractivity contribution in [3.63, 3.8) is 0 Å². The van der Waals surface area contributed by atoms with Gasteiger partial charge >= 0.3 is 0 Å². The molecule has 146 valence electrons. The first-order valence-electron chi connectivity index (χ1n) is 9.39. The Morgan fingerprint density at radius 1 is 1.19 bits per heavy atom. The fourth-order valence-electron chi connectivity index (χ4n) is 3.21. The summed E-state index contributed by atoms with van der Waals surface area (Å²) in [6.45, 7) is 4.06. The molecule has 1 saturated heterocycles. The third-order valence-corrected chi connectivity index (χ3v) is 6.76. The van der Waals surface area contributed by atoms with Crippen molar-refractivity contribution < 1.29 is 13.2 Å². The molecule has 0 bridgehead atoms. The second-order valence-corrected chi connectivity index (χ2v) is 8.97. The standard InChI is InChI=1S/C20H27N3O3S/c1-2-27(24,25)23-12-9-19(10-13-23)22-15-18-7-3-4-8-20(18)26-16-17-6-5-11-21-14-17/h3-8,11,14,19,22H,2,9-10,12-13,15-16H2,1H3. The number of sulfonamides is 1. The smallest absolute Gasteiger partial charge is 0.213 e. The Labute approximate surface area is 161 Å². The molecule has 0 unspecified atom stereocenters. The van der Waals surface area contributed by atoms with Gasteiger partial charge in [-0.1, -0.05) is 24.3 Å². The van der Waals surface area contributed by atoms with Gasteiger partial charge in [0.05, 0.1) is 5.75 Å². The summed E-state index contributed by atoms with van der Waals surface area (Å²) in [6.07, 6.45) is 5.22. The Morgan fingerprint density at radius 2 is 1.96 bits per heavy atom. The van der Waals surface area contributed by atoms with Crippen LogP contribution in [0.25, 0.3) is 0 Å². The molecule has 0 saturated carbocycles. The van der Waals surface area contributed by atoms with Gasteiger partial charge in [-0.25, -0.2) is 12.7 Å². The number of aromatic nitrogens is 1. The summed E-state index contributed by atoms with van der Waals surface area (Å²) in [5, 5.41) is 3.55. The first-order chi connectivity index (χ1) is 13.1. The summed E-state index contributed by atoms with van der Waals surface area (Å²) in [5.41, 5.74) is 2.13. The minimum atomic E-state index is -3.07. The zero-order valence-corrected chi connectivity index (χ0v) is 16.5. The van der Waals surface area contributed by atoms with E-state index in [4.69, 9.17) is 4.74 Å². The summed E-state index contributed by atoms with van der Waals surface area (Å²) in [7, 11) is -3.07. The highest BCUT2D eigenvalue weighted by atomic mass is 32.2. The molecule has 1 aromatic heterocycles. The summed E-state index contributed by atoms with van der Waals surface area (Å²) < 4.78 is 31.5. The minimum absolute atomic E-state index is 0.173. The number of hydrogen-bond acceptors (Lipinski definition) is 5. The molecular weight excluding hydrogens is 362 g/mol. The van der Waals surface area contributed by atoms with Crippen LogP contribution in [0.2, 0.25) is 0 Å². The Balaban J connectivity index is 1.52. The topological polar surface area (TPSA) is 71.5 Å². The highest BCUT2D eigenvalue weighted by molar-refractivity contribution is 7.89. The monoisotopic (exact) mass is 389 g/mol. The lowest BCUT2D eigenvalue weighted by atomic mass is 10.1. The number of para-hydroxylation sites is 1. The van der Waals surface area contributed by atoms with Crippen LogP contribution in [-0.2, 0) is 23.2 Å². The van der Waals surface area contributed by atoms with Crippen LogP contribution in [0.1, 0.15) is 30.9 Å². The molecule has 27 heavy (non-hydrogen) atoms. The van der Waals surface area contributed by atoms with Crippen LogP contribution in [0.4, 0.5) is 0 Å². The van der Waals surface area contributed by atoms with Crippen molar-refractivity contribution in [3.8, 4) is 5.75 Å². The number of ether oxygens (including phenoxy) is 1. The Bertz CT molecular complexity index is 819. The number of hydrogen-bond donors (Lipinski definition) is 1. The van der Waals surface area contributed by atoms with Crippen molar-refractivity contribution in [1.29, 1.82) is 0 Å². The van der Waals surface area contributed by atoms with Crippen molar-refractivity contribution in [2.75, 3.05) is 18.8 Å². The molecule has 2 heterocycles. The molecule has 2 aromatic rings. The normalized spacial score (nSPS) is 16.3. The first-order valence-corrected chi connectivity index (χ1v) is 11.0. The van der Waals surface area contributed by atoms with Crippen LogP contribution < -0.4 is 10.1 Å². The average molecular weight is 390 g/mol. The van der Waals surface area contributed by atoms with Gasteiger partial charge in [-0.15, -0.1) is 0 Å². The van der Waals surface area contributed by atoms with Crippen molar-refractivity contribution in [1.82, 2.24) is 14.6 Å². The van der Waals surface area contributed by atoms with Crippen LogP contribution in [0, 0.1) is 0 Å². The quantitative estimate of drug-likeness (QED) is 0.751. The van der Waals surface area contributed by atoms with Gasteiger partial charge in [0, 0.05) is 49.2 Å². The van der Waals surface area contributed by atoms with E-state index in [1.165, 1.54) is 0 Å². The molecule has 0 aliphatic carbocycles. The Kier molecular flexibility index (Phi) is 6.82. The van der Waals surface area contributed by atoms with Gasteiger partial charge in [0.1, 0.15) is 12.4 Å². The number of nitrogens with one attached hydrogen (secondary N) is 1. The average Bonchev–Trinajstić information content (AvgIpc) is 2.72. The molecule has 0 spiro atoms. The lowest BCUT2D eigenvalue weighted by Crippen LogP contribution is -2.45. The summed E-state index contributed by atoms with van der Waals surface area (Å²) in [4.78, 5) is 4.11. The van der Waals surface area contributed by atoms with Gasteiger partial charge in [0.2, 0.25) is 10.0 Å². The molecule has 1 aromatic carbocycles. The molecule has 1 N–H and O–H groups in total. The predicted octanol–water partition coefficient (Wildman–Crippen LogP) is 2.56. The van der Waals surface area contributed by atoms with Crippen LogP contribution >= 0.6 is 0 Å². The zero-order chi connectivity index (χ0) is 19.1. The number of nitrogens with zero attached hydrogens (tertiary/aromatic N) is 2. The van der Waals surface area contributed by atoms with Crippen molar-refractivity contribution in [2.45, 2.75) is 39.0 Å². The number of pyridine rings is 1. The van der Waals surface area contributed by atoms with Gasteiger partial charge in [-0.3, -0.25) is 4.98 Å². The number of benzene rings is 1. The SMILES string of the molecule is CCS(=O)(=O)N1CCC(NCc2ccccc2OCc2cccnc2)CC1. The predicted molar refractivity (Wildman–Crippen MR) is 106 cm³/mol. The molecule has 6 nitrogen and oxygen atoms in total. The van der Waals surface area contributed by atoms with E-state index in [1.54, 1.807) is 23.6 Å². The van der Waals surface area contributed by atoms with E-state index >= 15 is 0 Å². The van der Waals surface area contributed by atoms with Gasteiger partial charge < -0.3 is 10.1 Å². The lowest BCUT2D eigenvalue weighted by Gasteiger charge is -2.31. The molecule has 1 aliphatic heterocycles. The lowest BCUT2D eigenvalue weighted by molar-refractivity contribution is 0.283. The van der Waals surface area contributed by atoms with E-state index in [0.29, 0.717) is 32.3 Å². The zero-order valence-electron chi connectivity index (χ0n) is 15.7. The molecule has 3 rings (SSSR count). The highest BCUT2D eigenvalue weighted by Gasteiger charge is 2.26. The Morgan fingerprint density at radius 3 is 2.67 bits per heavy atom. The van der Waals surface area contributed by atoms with Crippen LogP contribution in [0.5, 0.6) is 5.75 Å². The maximum atomic E-state index is 12.0. The minimum Gasteiger partial charge on any atom is -0.489 e. The highest BCUT2D eigenvalue weighted by Crippen LogP contribution is 2.21. The Hall–Kier alpha value is -1.96. The fraction of sp³-hybridized carbons (Fsp3) is 0.450. The van der Waals surface area contributed by atoms with Crippen molar-refractivity contribution >= 4 is 10.0 Å². The second kappa shape index (κ2) is 9.30. The van der Waals surface area contributed by atoms with E-state index in [-0.39, 0.29) is 5.75 Å². The fourth-order valence-corrected chi connectivity index (χ4v) is 4.34. The summed E-state index contributed by atoms with van der Waals surface area (Å²) in [6, 6.07) is 12.2. The van der Waals surface area contributed by atoms with E-state index in [1.807, 2.05) is 30.3 Å². The maximum absolute atomic E-state index is 12.0. The first kappa shape index (κ1) is 19.8. The van der Waals surface area contributed by atoms with Gasteiger partial charge in [-0.05, 0) is 31.9 Å². The third-order valence-electron chi connectivity index (χ3n) is 4.88. The molecule has 7 heteroatoms. The number of piperidine rings is 1. The summed E-state index contributed by atoms with van der Waals surface area (Å²) >= 11 is 0. The second-order valence-electron chi connectivity index (χ2n) is 6.71. The van der Waals surface area contributed by atoms with E-state index in [9.17, 15) is 8.42 Å². The van der Waals surface area contributed by atoms with Crippen LogP contribution in [-0.4, -0.2) is 42.6 Å². The van der Waals surface area contributed by atoms with E-state index in [2.05, 4.69) is 16.4 Å². The summed E-state index contributed by atoms with van der Waals surface area (Å²) in [5.74, 6) is 1.03. The molecule has 1 fully saturated rings. The third kappa shape index (κ3) is 5.51. The largest absolute Gasteiger partial charge is 0.489 e. The molecule has 0 amide bonds. The maximum Gasteiger partial charge on any atom is 0.213 e. The van der Waals surface area contributed by atoms with Crippen molar-refractivity contribution in [2.24, 2.45) is 0 Å². The van der Waals surface area contributed by atoms with E-state index in [0.717, 1.165) is 29.7 Å². The van der Waals surface area contributed by atoms with Gasteiger partial charge in [0.25, 0.3) is 0 Å². The van der Waals surface area contributed by atoms with Crippen LogP contribution in [0.15, 0.2) is 48.8 Å². The molecular formula is C20H27N3O3S.